The van der Waals surface area contributed by atoms with Crippen LogP contribution < -0.4 is 0 Å². The molecule has 2 nitrogen and oxygen atoms in total. The Kier molecular flexibility index (Phi) is 2.13. The van der Waals surface area contributed by atoms with E-state index in [4.69, 9.17) is 5.53 Å². The van der Waals surface area contributed by atoms with Gasteiger partial charge in [0.05, 0.1) is 5.56 Å². The third-order valence-corrected chi connectivity index (χ3v) is 2.34. The van der Waals surface area contributed by atoms with Crippen LogP contribution in [-0.2, 0) is 0 Å². The van der Waals surface area contributed by atoms with Crippen LogP contribution >= 0.6 is 0 Å². The van der Waals surface area contributed by atoms with Gasteiger partial charge in [-0.1, -0.05) is 30.3 Å². The van der Waals surface area contributed by atoms with Crippen molar-refractivity contribution in [2.24, 2.45) is 0 Å². The van der Waals surface area contributed by atoms with Crippen molar-refractivity contribution in [1.29, 1.82) is 0 Å². The van der Waals surface area contributed by atoms with Crippen LogP contribution in [0.4, 0.5) is 0 Å². The molecule has 2 heteroatoms. The lowest BCUT2D eigenvalue weighted by atomic mass is 10.0. The van der Waals surface area contributed by atoms with Crippen molar-refractivity contribution in [3.05, 3.63) is 53.1 Å². The number of hydrogen-bond acceptors (Lipinski definition) is 0. The number of hydrogen-bond donors (Lipinski definition) is 0. The highest BCUT2D eigenvalue weighted by Crippen LogP contribution is 2.20. The van der Waals surface area contributed by atoms with Crippen LogP contribution in [0.1, 0.15) is 11.1 Å². The van der Waals surface area contributed by atoms with Gasteiger partial charge in [0.25, 0.3) is 6.21 Å². The molecule has 0 aliphatic rings. The van der Waals surface area contributed by atoms with Crippen molar-refractivity contribution < 1.29 is 4.79 Å². The quantitative estimate of drug-likeness (QED) is 0.369. The second kappa shape index (κ2) is 3.44. The molecule has 14 heavy (non-hydrogen) atoms. The van der Waals surface area contributed by atoms with E-state index in [0.29, 0.717) is 0 Å². The molecule has 0 fully saturated rings. The van der Waals surface area contributed by atoms with Crippen molar-refractivity contribution in [3.8, 4) is 0 Å². The summed E-state index contributed by atoms with van der Waals surface area (Å²) >= 11 is 0. The van der Waals surface area contributed by atoms with Gasteiger partial charge in [0.2, 0.25) is 0 Å². The van der Waals surface area contributed by atoms with E-state index in [1.54, 1.807) is 0 Å². The van der Waals surface area contributed by atoms with Gasteiger partial charge in [0.1, 0.15) is 0 Å². The van der Waals surface area contributed by atoms with Crippen LogP contribution in [0, 0.1) is 6.92 Å². The van der Waals surface area contributed by atoms with E-state index in [2.05, 4.69) is 29.9 Å². The summed E-state index contributed by atoms with van der Waals surface area (Å²) in [6.07, 6.45) is 1.47. The van der Waals surface area contributed by atoms with E-state index in [1.165, 1.54) is 17.2 Å². The molecule has 0 saturated heterocycles. The summed E-state index contributed by atoms with van der Waals surface area (Å²) in [5.41, 5.74) is 10.7. The molecule has 0 radical (unpaired) electrons. The lowest BCUT2D eigenvalue weighted by molar-refractivity contribution is 0.00466. The first-order chi connectivity index (χ1) is 6.83. The topological polar surface area (TPSA) is 36.4 Å². The molecule has 0 amide bonds. The second-order valence-corrected chi connectivity index (χ2v) is 3.26. The summed E-state index contributed by atoms with van der Waals surface area (Å²) in [7, 11) is 0. The van der Waals surface area contributed by atoms with Crippen LogP contribution in [0.2, 0.25) is 0 Å². The van der Waals surface area contributed by atoms with Crippen molar-refractivity contribution in [2.45, 2.75) is 6.92 Å². The monoisotopic (exact) mass is 182 g/mol. The largest absolute Gasteiger partial charge is 0.361 e. The Morgan fingerprint density at radius 3 is 2.57 bits per heavy atom. The van der Waals surface area contributed by atoms with E-state index in [-0.39, 0.29) is 0 Å². The molecule has 0 bridgehead atoms. The normalized spacial score (nSPS) is 9.79. The SMILES string of the molecule is Cc1cccc2cccc(C=[N+]=[N-])c12. The van der Waals surface area contributed by atoms with Gasteiger partial charge in [-0.2, -0.15) is 4.79 Å². The Morgan fingerprint density at radius 1 is 1.14 bits per heavy atom. The highest BCUT2D eigenvalue weighted by Gasteiger charge is 2.03. The van der Waals surface area contributed by atoms with E-state index in [9.17, 15) is 0 Å². The molecule has 2 aromatic carbocycles. The number of fused-ring (bicyclic) bond motifs is 1. The minimum absolute atomic E-state index is 0.947. The van der Waals surface area contributed by atoms with Crippen molar-refractivity contribution in [1.82, 2.24) is 0 Å². The summed E-state index contributed by atoms with van der Waals surface area (Å²) in [5.74, 6) is 0. The zero-order valence-electron chi connectivity index (χ0n) is 7.94. The molecule has 0 spiro atoms. The predicted octanol–water partition coefficient (Wildman–Crippen LogP) is 2.80. The third-order valence-electron chi connectivity index (χ3n) is 2.34. The maximum atomic E-state index is 8.54. The van der Waals surface area contributed by atoms with E-state index >= 15 is 0 Å². The number of aryl methyl sites for hydroxylation is 1. The Bertz CT molecular complexity index is 518. The van der Waals surface area contributed by atoms with Gasteiger partial charge in [-0.25, -0.2) is 0 Å². The van der Waals surface area contributed by atoms with Gasteiger partial charge in [-0.15, -0.1) is 0 Å². The number of benzene rings is 2. The fraction of sp³-hybridized carbons (Fsp3) is 0.0833. The standard InChI is InChI=1S/C12H10N2/c1-9-4-2-5-10-6-3-7-11(8-14-13)12(9)10/h2-8H,1H3. The molecular formula is C12H10N2. The molecule has 0 saturated carbocycles. The van der Waals surface area contributed by atoms with Crippen molar-refractivity contribution in [2.75, 3.05) is 0 Å². The number of rotatable bonds is 1. The molecule has 68 valence electrons. The summed E-state index contributed by atoms with van der Waals surface area (Å²) in [5, 5.41) is 2.32. The molecule has 0 aliphatic heterocycles. The lowest BCUT2D eigenvalue weighted by Gasteiger charge is -2.02. The van der Waals surface area contributed by atoms with E-state index in [1.807, 2.05) is 18.2 Å². The fourth-order valence-corrected chi connectivity index (χ4v) is 1.73. The smallest absolute Gasteiger partial charge is 0.288 e. The van der Waals surface area contributed by atoms with Crippen LogP contribution in [0.25, 0.3) is 16.3 Å². The van der Waals surface area contributed by atoms with Crippen molar-refractivity contribution in [3.63, 3.8) is 0 Å². The second-order valence-electron chi connectivity index (χ2n) is 3.26. The summed E-state index contributed by atoms with van der Waals surface area (Å²) < 4.78 is 0. The van der Waals surface area contributed by atoms with Crippen LogP contribution in [0.15, 0.2) is 36.4 Å². The van der Waals surface area contributed by atoms with Crippen LogP contribution in [0.5, 0.6) is 0 Å². The highest BCUT2D eigenvalue weighted by molar-refractivity contribution is 5.99. The zero-order valence-corrected chi connectivity index (χ0v) is 7.94. The average Bonchev–Trinajstić information content (AvgIpc) is 2.19. The molecular weight excluding hydrogens is 172 g/mol. The van der Waals surface area contributed by atoms with Gasteiger partial charge in [0, 0.05) is 0 Å². The Labute approximate surface area is 82.4 Å². The lowest BCUT2D eigenvalue weighted by Crippen LogP contribution is -1.87. The molecule has 0 aromatic heterocycles. The summed E-state index contributed by atoms with van der Waals surface area (Å²) in [4.78, 5) is 3.07. The summed E-state index contributed by atoms with van der Waals surface area (Å²) in [6, 6.07) is 12.1. The van der Waals surface area contributed by atoms with E-state index in [0.717, 1.165) is 10.9 Å². The van der Waals surface area contributed by atoms with Crippen LogP contribution in [0.3, 0.4) is 0 Å². The Balaban J connectivity index is 2.90. The first-order valence-electron chi connectivity index (χ1n) is 4.48. The van der Waals surface area contributed by atoms with Gasteiger partial charge in [0.15, 0.2) is 0 Å². The molecule has 2 aromatic rings. The van der Waals surface area contributed by atoms with Gasteiger partial charge in [-0.3, -0.25) is 0 Å². The first kappa shape index (κ1) is 8.67. The molecule has 0 heterocycles. The highest BCUT2D eigenvalue weighted by atomic mass is 14.8. The van der Waals surface area contributed by atoms with Gasteiger partial charge >= 0.3 is 0 Å². The molecule has 0 N–H and O–H groups in total. The molecule has 0 unspecified atom stereocenters. The maximum Gasteiger partial charge on any atom is 0.288 e. The summed E-state index contributed by atoms with van der Waals surface area (Å²) in [6.45, 7) is 2.05. The molecule has 0 atom stereocenters. The number of nitrogens with zero attached hydrogens (tertiary/aromatic N) is 2. The Hall–Kier alpha value is -1.92. The fourth-order valence-electron chi connectivity index (χ4n) is 1.73. The zero-order chi connectivity index (χ0) is 9.97. The molecule has 2 rings (SSSR count). The van der Waals surface area contributed by atoms with Crippen molar-refractivity contribution >= 4 is 17.0 Å². The Morgan fingerprint density at radius 2 is 1.86 bits per heavy atom. The third kappa shape index (κ3) is 1.32. The minimum Gasteiger partial charge on any atom is -0.361 e. The molecule has 0 aliphatic carbocycles. The predicted molar refractivity (Wildman–Crippen MR) is 57.5 cm³/mol. The first-order valence-corrected chi connectivity index (χ1v) is 4.48. The van der Waals surface area contributed by atoms with Gasteiger partial charge in [-0.05, 0) is 29.3 Å². The van der Waals surface area contributed by atoms with E-state index < -0.39 is 0 Å². The van der Waals surface area contributed by atoms with Gasteiger partial charge < -0.3 is 5.53 Å². The minimum atomic E-state index is 0.947. The average molecular weight is 182 g/mol. The van der Waals surface area contributed by atoms with Crippen LogP contribution in [-0.4, -0.2) is 11.0 Å². The maximum absolute atomic E-state index is 8.54.